The minimum absolute atomic E-state index is 0.0996. The SMILES string of the molecule is C=CCOc1ccc(C=C2Sc3ccccc3C2=O)cc1. The molecule has 0 aromatic heterocycles. The van der Waals surface area contributed by atoms with Crippen LogP contribution in [0.4, 0.5) is 0 Å². The summed E-state index contributed by atoms with van der Waals surface area (Å²) in [5.41, 5.74) is 1.78. The fourth-order valence-corrected chi connectivity index (χ4v) is 3.15. The van der Waals surface area contributed by atoms with Crippen molar-refractivity contribution in [2.45, 2.75) is 4.90 Å². The smallest absolute Gasteiger partial charge is 0.200 e. The number of carbonyl (C=O) groups excluding carboxylic acids is 1. The predicted molar refractivity (Wildman–Crippen MR) is 86.7 cm³/mol. The van der Waals surface area contributed by atoms with Gasteiger partial charge in [-0.25, -0.2) is 0 Å². The van der Waals surface area contributed by atoms with Gasteiger partial charge in [0.05, 0.1) is 4.91 Å². The molecule has 0 unspecified atom stereocenters. The maximum atomic E-state index is 12.3. The molecule has 1 aliphatic rings. The van der Waals surface area contributed by atoms with E-state index in [4.69, 9.17) is 4.74 Å². The third-order valence-electron chi connectivity index (χ3n) is 3.12. The Kier molecular flexibility index (Phi) is 3.93. The summed E-state index contributed by atoms with van der Waals surface area (Å²) in [5, 5.41) is 0. The van der Waals surface area contributed by atoms with Crippen LogP contribution in [0.25, 0.3) is 6.08 Å². The molecular formula is C18H14O2S. The Hall–Kier alpha value is -2.26. The fraction of sp³-hybridized carbons (Fsp3) is 0.0556. The molecule has 0 saturated heterocycles. The first-order valence-corrected chi connectivity index (χ1v) is 7.46. The van der Waals surface area contributed by atoms with E-state index in [0.29, 0.717) is 6.61 Å². The lowest BCUT2D eigenvalue weighted by Crippen LogP contribution is -1.94. The van der Waals surface area contributed by atoms with Gasteiger partial charge < -0.3 is 4.74 Å². The zero-order valence-corrected chi connectivity index (χ0v) is 12.2. The highest BCUT2D eigenvalue weighted by Gasteiger charge is 2.24. The van der Waals surface area contributed by atoms with Crippen LogP contribution >= 0.6 is 11.8 Å². The van der Waals surface area contributed by atoms with Crippen LogP contribution in [0.2, 0.25) is 0 Å². The van der Waals surface area contributed by atoms with Gasteiger partial charge in [-0.2, -0.15) is 0 Å². The van der Waals surface area contributed by atoms with Crippen LogP contribution in [0.3, 0.4) is 0 Å². The monoisotopic (exact) mass is 294 g/mol. The van der Waals surface area contributed by atoms with Crippen molar-refractivity contribution in [1.82, 2.24) is 0 Å². The quantitative estimate of drug-likeness (QED) is 0.610. The average Bonchev–Trinajstić information content (AvgIpc) is 2.83. The molecule has 3 rings (SSSR count). The number of fused-ring (bicyclic) bond motifs is 1. The highest BCUT2D eigenvalue weighted by molar-refractivity contribution is 8.04. The van der Waals surface area contributed by atoms with Crippen LogP contribution in [0.5, 0.6) is 5.75 Å². The molecule has 0 amide bonds. The molecule has 1 aliphatic heterocycles. The second kappa shape index (κ2) is 6.02. The molecule has 0 saturated carbocycles. The van der Waals surface area contributed by atoms with Gasteiger partial charge in [0.1, 0.15) is 12.4 Å². The number of hydrogen-bond acceptors (Lipinski definition) is 3. The molecule has 0 bridgehead atoms. The molecule has 2 nitrogen and oxygen atoms in total. The van der Waals surface area contributed by atoms with Gasteiger partial charge in [-0.3, -0.25) is 4.79 Å². The van der Waals surface area contributed by atoms with Crippen molar-refractivity contribution in [3.63, 3.8) is 0 Å². The topological polar surface area (TPSA) is 26.3 Å². The highest BCUT2D eigenvalue weighted by atomic mass is 32.2. The Balaban J connectivity index is 1.80. The summed E-state index contributed by atoms with van der Waals surface area (Å²) in [4.78, 5) is 14.1. The zero-order chi connectivity index (χ0) is 14.7. The number of ether oxygens (including phenoxy) is 1. The summed E-state index contributed by atoms with van der Waals surface area (Å²) >= 11 is 1.52. The molecule has 1 heterocycles. The maximum absolute atomic E-state index is 12.3. The molecule has 0 spiro atoms. The Morgan fingerprint density at radius 3 is 2.57 bits per heavy atom. The number of benzene rings is 2. The van der Waals surface area contributed by atoms with Gasteiger partial charge >= 0.3 is 0 Å². The predicted octanol–water partition coefficient (Wildman–Crippen LogP) is 4.58. The van der Waals surface area contributed by atoms with E-state index in [0.717, 1.165) is 26.7 Å². The van der Waals surface area contributed by atoms with E-state index < -0.39 is 0 Å². The molecule has 2 aromatic carbocycles. The molecule has 2 aromatic rings. The van der Waals surface area contributed by atoms with Crippen LogP contribution in [-0.2, 0) is 0 Å². The molecule has 104 valence electrons. The molecule has 21 heavy (non-hydrogen) atoms. The number of hydrogen-bond donors (Lipinski definition) is 0. The molecule has 3 heteroatoms. The van der Waals surface area contributed by atoms with Crippen molar-refractivity contribution < 1.29 is 9.53 Å². The minimum Gasteiger partial charge on any atom is -0.490 e. The lowest BCUT2D eigenvalue weighted by molar-refractivity contribution is 0.104. The number of ketones is 1. The number of Topliss-reactive ketones (excluding diaryl/α,β-unsaturated/α-hetero) is 1. The maximum Gasteiger partial charge on any atom is 0.200 e. The molecule has 0 atom stereocenters. The fourth-order valence-electron chi connectivity index (χ4n) is 2.10. The van der Waals surface area contributed by atoms with E-state index in [1.807, 2.05) is 54.6 Å². The molecule has 0 fully saturated rings. The van der Waals surface area contributed by atoms with Crippen molar-refractivity contribution >= 4 is 23.6 Å². The molecule has 0 N–H and O–H groups in total. The van der Waals surface area contributed by atoms with Crippen LogP contribution in [-0.4, -0.2) is 12.4 Å². The summed E-state index contributed by atoms with van der Waals surface area (Å²) in [6, 6.07) is 15.4. The summed E-state index contributed by atoms with van der Waals surface area (Å²) in [5.74, 6) is 0.897. The third kappa shape index (κ3) is 2.93. The zero-order valence-electron chi connectivity index (χ0n) is 11.4. The second-order valence-corrected chi connectivity index (χ2v) is 5.69. The van der Waals surface area contributed by atoms with Gasteiger partial charge in [-0.05, 0) is 35.9 Å². The molecule has 0 radical (unpaired) electrons. The van der Waals surface area contributed by atoms with E-state index in [2.05, 4.69) is 6.58 Å². The highest BCUT2D eigenvalue weighted by Crippen LogP contribution is 2.40. The van der Waals surface area contributed by atoms with Crippen LogP contribution in [0.1, 0.15) is 15.9 Å². The summed E-state index contributed by atoms with van der Waals surface area (Å²) < 4.78 is 5.44. The Labute approximate surface area is 128 Å². The normalized spacial score (nSPS) is 15.0. The van der Waals surface area contributed by atoms with E-state index in [-0.39, 0.29) is 5.78 Å². The Bertz CT molecular complexity index is 714. The number of carbonyl (C=O) groups is 1. The van der Waals surface area contributed by atoms with Gasteiger partial charge in [0.25, 0.3) is 0 Å². The number of thioether (sulfide) groups is 1. The van der Waals surface area contributed by atoms with Crippen LogP contribution in [0, 0.1) is 0 Å². The van der Waals surface area contributed by atoms with Crippen molar-refractivity contribution in [2.75, 3.05) is 6.61 Å². The summed E-state index contributed by atoms with van der Waals surface area (Å²) in [6.07, 6.45) is 3.63. The molecular weight excluding hydrogens is 280 g/mol. The van der Waals surface area contributed by atoms with Crippen molar-refractivity contribution in [1.29, 1.82) is 0 Å². The standard InChI is InChI=1S/C18H14O2S/c1-2-11-20-14-9-7-13(8-10-14)12-17-18(19)15-5-3-4-6-16(15)21-17/h2-10,12H,1,11H2. The Morgan fingerprint density at radius 2 is 1.86 bits per heavy atom. The van der Waals surface area contributed by atoms with Gasteiger partial charge in [0.2, 0.25) is 5.78 Å². The van der Waals surface area contributed by atoms with E-state index in [1.165, 1.54) is 11.8 Å². The summed E-state index contributed by atoms with van der Waals surface area (Å²) in [7, 11) is 0. The third-order valence-corrected chi connectivity index (χ3v) is 4.22. The number of rotatable bonds is 4. The van der Waals surface area contributed by atoms with Gasteiger partial charge in [-0.1, -0.05) is 48.7 Å². The first-order chi connectivity index (χ1) is 10.3. The van der Waals surface area contributed by atoms with Crippen molar-refractivity contribution in [3.05, 3.63) is 77.2 Å². The first kappa shape index (κ1) is 13.7. The summed E-state index contributed by atoms with van der Waals surface area (Å²) in [6.45, 7) is 4.11. The van der Waals surface area contributed by atoms with E-state index in [1.54, 1.807) is 6.08 Å². The Morgan fingerprint density at radius 1 is 1.10 bits per heavy atom. The van der Waals surface area contributed by atoms with Gasteiger partial charge in [0.15, 0.2) is 0 Å². The van der Waals surface area contributed by atoms with Gasteiger partial charge in [0, 0.05) is 10.5 Å². The largest absolute Gasteiger partial charge is 0.490 e. The van der Waals surface area contributed by atoms with Crippen molar-refractivity contribution in [2.24, 2.45) is 0 Å². The number of allylic oxidation sites excluding steroid dienone is 1. The molecule has 0 aliphatic carbocycles. The second-order valence-electron chi connectivity index (χ2n) is 4.60. The average molecular weight is 294 g/mol. The van der Waals surface area contributed by atoms with Crippen molar-refractivity contribution in [3.8, 4) is 5.75 Å². The van der Waals surface area contributed by atoms with Gasteiger partial charge in [-0.15, -0.1) is 0 Å². The van der Waals surface area contributed by atoms with Crippen LogP contribution in [0.15, 0.2) is 71.0 Å². The van der Waals surface area contributed by atoms with E-state index in [9.17, 15) is 4.79 Å². The first-order valence-electron chi connectivity index (χ1n) is 6.65. The lowest BCUT2D eigenvalue weighted by Gasteiger charge is -2.03. The van der Waals surface area contributed by atoms with Crippen LogP contribution < -0.4 is 4.74 Å². The van der Waals surface area contributed by atoms with E-state index >= 15 is 0 Å². The lowest BCUT2D eigenvalue weighted by atomic mass is 10.1. The minimum atomic E-state index is 0.0996.